The molecular formula is C37H65N7. The molecule has 0 spiro atoms. The maximum atomic E-state index is 4.29. The average Bonchev–Trinajstić information content (AvgIpc) is 3.75. The van der Waals surface area contributed by atoms with E-state index in [0.29, 0.717) is 47.3 Å². The lowest BCUT2D eigenvalue weighted by atomic mass is 9.93. The Balaban J connectivity index is 0.000000293. The summed E-state index contributed by atoms with van der Waals surface area (Å²) in [6.45, 7) is 36.1. The predicted molar refractivity (Wildman–Crippen MR) is 190 cm³/mol. The number of nitrogens with zero attached hydrogens (tertiary/aromatic N) is 4. The maximum absolute atomic E-state index is 4.29. The van der Waals surface area contributed by atoms with Crippen molar-refractivity contribution in [2.24, 2.45) is 16.8 Å². The molecule has 1 aliphatic rings. The molecule has 4 rings (SSSR count). The maximum Gasteiger partial charge on any atom is 0.0608 e. The van der Waals surface area contributed by atoms with Gasteiger partial charge in [-0.25, -0.2) is 0 Å². The highest BCUT2D eigenvalue weighted by Crippen LogP contribution is 2.25. The van der Waals surface area contributed by atoms with E-state index < -0.39 is 0 Å². The molecule has 7 nitrogen and oxygen atoms in total. The van der Waals surface area contributed by atoms with Gasteiger partial charge in [-0.2, -0.15) is 15.3 Å². The lowest BCUT2D eigenvalue weighted by molar-refractivity contribution is 0.712. The minimum atomic E-state index is 0.551. The van der Waals surface area contributed by atoms with Gasteiger partial charge in [0.05, 0.1) is 25.1 Å². The number of hydrogen-bond acceptors (Lipinski definition) is 4. The summed E-state index contributed by atoms with van der Waals surface area (Å²) in [6.07, 6.45) is 7.83. The molecule has 1 aliphatic heterocycles. The zero-order chi connectivity index (χ0) is 33.7. The minimum Gasteiger partial charge on any atom is -0.288 e. The third kappa shape index (κ3) is 11.9. The van der Waals surface area contributed by atoms with Gasteiger partial charge in [-0.1, -0.05) is 111 Å². The van der Waals surface area contributed by atoms with Crippen LogP contribution >= 0.6 is 0 Å². The van der Waals surface area contributed by atoms with Crippen molar-refractivity contribution in [2.45, 2.75) is 146 Å². The Labute approximate surface area is 269 Å². The van der Waals surface area contributed by atoms with E-state index in [-0.39, 0.29) is 0 Å². The third-order valence-corrected chi connectivity index (χ3v) is 7.88. The average molecular weight is 608 g/mol. The molecule has 3 aromatic heterocycles. The van der Waals surface area contributed by atoms with E-state index in [1.54, 1.807) is 0 Å². The Kier molecular flexibility index (Phi) is 16.7. The summed E-state index contributed by atoms with van der Waals surface area (Å²) < 4.78 is 0. The van der Waals surface area contributed by atoms with Gasteiger partial charge in [-0.05, 0) is 75.2 Å². The summed E-state index contributed by atoms with van der Waals surface area (Å²) in [6, 6.07) is 0. The van der Waals surface area contributed by atoms with Crippen molar-refractivity contribution in [1.82, 2.24) is 30.6 Å². The van der Waals surface area contributed by atoms with Crippen LogP contribution in [0.1, 0.15) is 180 Å². The largest absolute Gasteiger partial charge is 0.288 e. The Hall–Kier alpha value is -2.96. The molecule has 248 valence electrons. The lowest BCUT2D eigenvalue weighted by Gasteiger charge is -2.11. The second kappa shape index (κ2) is 18.8. The summed E-state index contributed by atoms with van der Waals surface area (Å²) in [5, 5.41) is 21.2. The molecular weight excluding hydrogens is 542 g/mol. The Morgan fingerprint density at radius 1 is 0.432 bits per heavy atom. The first-order valence-corrected chi connectivity index (χ1v) is 16.8. The predicted octanol–water partition coefficient (Wildman–Crippen LogP) is 10.6. The van der Waals surface area contributed by atoms with Gasteiger partial charge >= 0.3 is 0 Å². The van der Waals surface area contributed by atoms with E-state index in [4.69, 9.17) is 0 Å². The topological polar surface area (TPSA) is 98.4 Å². The second-order valence-corrected chi connectivity index (χ2v) is 14.4. The van der Waals surface area contributed by atoms with E-state index in [1.807, 2.05) is 24.8 Å². The SMILES string of the molecule is CC(C)C1=C(C(C)C)CN=C1.CC(C)c1cn[nH]c1C(C)C.CC(C)c1cn[nH]c1C(C)C.CC(C)c1cn[nH]c1C(C)C. The van der Waals surface area contributed by atoms with Gasteiger partial charge in [0.25, 0.3) is 0 Å². The number of rotatable bonds is 8. The molecule has 0 saturated carbocycles. The number of H-pyrrole nitrogens is 3. The van der Waals surface area contributed by atoms with Gasteiger partial charge in [0, 0.05) is 23.3 Å². The zero-order valence-electron chi connectivity index (χ0n) is 30.9. The number of aromatic amines is 3. The molecule has 0 bridgehead atoms. The molecule has 0 unspecified atom stereocenters. The van der Waals surface area contributed by atoms with Crippen LogP contribution in [0.3, 0.4) is 0 Å². The van der Waals surface area contributed by atoms with E-state index in [0.717, 1.165) is 6.54 Å². The van der Waals surface area contributed by atoms with Gasteiger partial charge in [0.1, 0.15) is 0 Å². The minimum absolute atomic E-state index is 0.551. The number of allylic oxidation sites excluding steroid dienone is 1. The van der Waals surface area contributed by atoms with Crippen LogP contribution in [0.2, 0.25) is 0 Å². The van der Waals surface area contributed by atoms with Crippen LogP contribution in [0, 0.1) is 11.8 Å². The van der Waals surface area contributed by atoms with Gasteiger partial charge in [0.2, 0.25) is 0 Å². The van der Waals surface area contributed by atoms with E-state index in [2.05, 4.69) is 146 Å². The van der Waals surface area contributed by atoms with Crippen LogP contribution in [-0.2, 0) is 0 Å². The summed E-state index contributed by atoms with van der Waals surface area (Å²) in [5.74, 6) is 4.68. The number of nitrogens with one attached hydrogen (secondary N) is 3. The monoisotopic (exact) mass is 608 g/mol. The molecule has 0 fully saturated rings. The Morgan fingerprint density at radius 3 is 0.932 bits per heavy atom. The van der Waals surface area contributed by atoms with E-state index >= 15 is 0 Å². The van der Waals surface area contributed by atoms with Gasteiger partial charge < -0.3 is 0 Å². The third-order valence-electron chi connectivity index (χ3n) is 7.88. The molecule has 3 N–H and O–H groups in total. The fourth-order valence-electron chi connectivity index (χ4n) is 5.14. The van der Waals surface area contributed by atoms with Crippen molar-refractivity contribution < 1.29 is 0 Å². The first-order valence-electron chi connectivity index (χ1n) is 16.8. The number of aliphatic imine (C=N–C) groups is 1. The molecule has 4 heterocycles. The van der Waals surface area contributed by atoms with Crippen molar-refractivity contribution in [3.05, 3.63) is 63.5 Å². The molecule has 0 amide bonds. The van der Waals surface area contributed by atoms with Crippen molar-refractivity contribution in [3.63, 3.8) is 0 Å². The van der Waals surface area contributed by atoms with Gasteiger partial charge in [-0.3, -0.25) is 20.3 Å². The first kappa shape index (κ1) is 39.1. The van der Waals surface area contributed by atoms with Crippen LogP contribution in [0.4, 0.5) is 0 Å². The van der Waals surface area contributed by atoms with Gasteiger partial charge in [0.15, 0.2) is 0 Å². The lowest BCUT2D eigenvalue weighted by Crippen LogP contribution is -2.03. The standard InChI is InChI=1S/C10H17N.3C9H16N2/c1-7(2)9-5-11-6-10(9)8(3)4;3*1-6(2)8-5-10-11-9(8)7(3)4/h5,7-8H,6H2,1-4H3;3*5-7H,1-4H3,(H,10,11). The normalized spacial score (nSPS) is 13.0. The van der Waals surface area contributed by atoms with E-state index in [1.165, 1.54) is 44.9 Å². The van der Waals surface area contributed by atoms with Gasteiger partial charge in [-0.15, -0.1) is 0 Å². The highest BCUT2D eigenvalue weighted by Gasteiger charge is 2.16. The number of aromatic nitrogens is 6. The first-order chi connectivity index (χ1) is 20.5. The van der Waals surface area contributed by atoms with E-state index in [9.17, 15) is 0 Å². The highest BCUT2D eigenvalue weighted by molar-refractivity contribution is 5.83. The molecule has 3 aromatic rings. The molecule has 7 heteroatoms. The quantitative estimate of drug-likeness (QED) is 0.237. The number of hydrogen-bond donors (Lipinski definition) is 3. The van der Waals surface area contributed by atoms with Crippen molar-refractivity contribution >= 4 is 6.21 Å². The fraction of sp³-hybridized carbons (Fsp3) is 0.676. The molecule has 0 radical (unpaired) electrons. The zero-order valence-corrected chi connectivity index (χ0v) is 30.9. The molecule has 0 aromatic carbocycles. The molecule has 44 heavy (non-hydrogen) atoms. The van der Waals surface area contributed by atoms with Crippen molar-refractivity contribution in [3.8, 4) is 0 Å². The summed E-state index contributed by atoms with van der Waals surface area (Å²) in [7, 11) is 0. The summed E-state index contributed by atoms with van der Waals surface area (Å²) in [4.78, 5) is 4.29. The van der Waals surface area contributed by atoms with Crippen LogP contribution < -0.4 is 0 Å². The second-order valence-electron chi connectivity index (χ2n) is 14.4. The van der Waals surface area contributed by atoms with Crippen LogP contribution in [-0.4, -0.2) is 43.4 Å². The molecule has 0 atom stereocenters. The molecule has 0 saturated heterocycles. The van der Waals surface area contributed by atoms with Crippen LogP contribution in [0.25, 0.3) is 0 Å². The highest BCUT2D eigenvalue weighted by atomic mass is 15.1. The van der Waals surface area contributed by atoms with Crippen molar-refractivity contribution in [2.75, 3.05) is 6.54 Å². The molecule has 0 aliphatic carbocycles. The van der Waals surface area contributed by atoms with Crippen LogP contribution in [0.5, 0.6) is 0 Å². The Morgan fingerprint density at radius 2 is 0.750 bits per heavy atom. The fourth-order valence-corrected chi connectivity index (χ4v) is 5.14. The Bertz CT molecular complexity index is 1070. The van der Waals surface area contributed by atoms with Crippen molar-refractivity contribution in [1.29, 1.82) is 0 Å². The smallest absolute Gasteiger partial charge is 0.0608 e. The summed E-state index contributed by atoms with van der Waals surface area (Å²) >= 11 is 0. The van der Waals surface area contributed by atoms with Crippen LogP contribution in [0.15, 0.2) is 34.7 Å². The summed E-state index contributed by atoms with van der Waals surface area (Å²) in [5.41, 5.74) is 10.9.